The molecule has 2 amide bonds. The Hall–Kier alpha value is -2.02. The van der Waals surface area contributed by atoms with Gasteiger partial charge in [-0.1, -0.05) is 26.0 Å². The first-order chi connectivity index (χ1) is 11.1. The number of rotatable bonds is 6. The average molecular weight is 334 g/mol. The van der Waals surface area contributed by atoms with Gasteiger partial charge in [0, 0.05) is 18.1 Å². The van der Waals surface area contributed by atoms with Crippen LogP contribution in [0.25, 0.3) is 11.0 Å². The van der Waals surface area contributed by atoms with Crippen LogP contribution in [0.5, 0.6) is 0 Å². The zero-order chi connectivity index (χ0) is 16.8. The summed E-state index contributed by atoms with van der Waals surface area (Å²) < 4.78 is 1.88. The molecule has 1 heterocycles. The second kappa shape index (κ2) is 8.01. The standard InChI is InChI=1S/C16H22N4O2S/c1-4-14-17-12-7-5-6-8-13(12)20(14)9-15(21)18-19-16(22)11(2)10-23-3/h5-8,11H,4,9-10H2,1-3H3,(H,18,21)(H,19,22). The Kier molecular flexibility index (Phi) is 6.04. The van der Waals surface area contributed by atoms with E-state index in [9.17, 15) is 9.59 Å². The van der Waals surface area contributed by atoms with Crippen LogP contribution in [0.1, 0.15) is 19.7 Å². The van der Waals surface area contributed by atoms with E-state index in [1.54, 1.807) is 11.8 Å². The quantitative estimate of drug-likeness (QED) is 0.789. The maximum Gasteiger partial charge on any atom is 0.258 e. The second-order valence-electron chi connectivity index (χ2n) is 5.35. The minimum atomic E-state index is -0.271. The number of hydrogen-bond donors (Lipinski definition) is 2. The molecule has 1 unspecified atom stereocenters. The summed E-state index contributed by atoms with van der Waals surface area (Å²) in [5.74, 6) is 0.967. The molecule has 2 aromatic rings. The zero-order valence-corrected chi connectivity index (χ0v) is 14.4. The van der Waals surface area contributed by atoms with Crippen molar-refractivity contribution in [3.05, 3.63) is 30.1 Å². The van der Waals surface area contributed by atoms with E-state index in [1.165, 1.54) is 0 Å². The van der Waals surface area contributed by atoms with Crippen LogP contribution >= 0.6 is 11.8 Å². The van der Waals surface area contributed by atoms with Crippen LogP contribution in [0, 0.1) is 5.92 Å². The summed E-state index contributed by atoms with van der Waals surface area (Å²) in [4.78, 5) is 28.5. The Morgan fingerprint density at radius 3 is 2.74 bits per heavy atom. The molecule has 2 rings (SSSR count). The second-order valence-corrected chi connectivity index (χ2v) is 6.26. The monoisotopic (exact) mass is 334 g/mol. The van der Waals surface area contributed by atoms with E-state index in [0.717, 1.165) is 23.3 Å². The molecule has 1 aromatic heterocycles. The molecular weight excluding hydrogens is 312 g/mol. The first kappa shape index (κ1) is 17.3. The Morgan fingerprint density at radius 1 is 1.30 bits per heavy atom. The molecule has 124 valence electrons. The van der Waals surface area contributed by atoms with E-state index in [0.29, 0.717) is 5.75 Å². The number of aryl methyl sites for hydroxylation is 1. The van der Waals surface area contributed by atoms with E-state index in [1.807, 2.05) is 48.9 Å². The molecule has 0 radical (unpaired) electrons. The number of amides is 2. The predicted molar refractivity (Wildman–Crippen MR) is 92.9 cm³/mol. The highest BCUT2D eigenvalue weighted by atomic mass is 32.2. The van der Waals surface area contributed by atoms with Crippen molar-refractivity contribution < 1.29 is 9.59 Å². The van der Waals surface area contributed by atoms with Gasteiger partial charge in [-0.05, 0) is 18.4 Å². The highest BCUT2D eigenvalue weighted by Gasteiger charge is 2.15. The Bertz CT molecular complexity index is 698. The van der Waals surface area contributed by atoms with Gasteiger partial charge in [-0.3, -0.25) is 20.4 Å². The smallest absolute Gasteiger partial charge is 0.258 e. The number of hydrogen-bond acceptors (Lipinski definition) is 4. The van der Waals surface area contributed by atoms with Gasteiger partial charge in [0.1, 0.15) is 12.4 Å². The molecule has 6 nitrogen and oxygen atoms in total. The number of imidazole rings is 1. The van der Waals surface area contributed by atoms with Crippen LogP contribution in [-0.2, 0) is 22.6 Å². The highest BCUT2D eigenvalue weighted by Crippen LogP contribution is 2.16. The van der Waals surface area contributed by atoms with E-state index in [4.69, 9.17) is 0 Å². The molecule has 0 aliphatic carbocycles. The third-order valence-electron chi connectivity index (χ3n) is 3.54. The summed E-state index contributed by atoms with van der Waals surface area (Å²) in [6.07, 6.45) is 2.68. The molecule has 0 saturated heterocycles. The molecule has 0 aliphatic rings. The number of fused-ring (bicyclic) bond motifs is 1. The van der Waals surface area contributed by atoms with Crippen molar-refractivity contribution in [1.29, 1.82) is 0 Å². The van der Waals surface area contributed by atoms with Gasteiger partial charge < -0.3 is 4.57 Å². The maximum atomic E-state index is 12.1. The molecule has 1 atom stereocenters. The van der Waals surface area contributed by atoms with Crippen LogP contribution < -0.4 is 10.9 Å². The van der Waals surface area contributed by atoms with Gasteiger partial charge in [-0.15, -0.1) is 0 Å². The Labute approximate surface area is 140 Å². The van der Waals surface area contributed by atoms with Gasteiger partial charge in [0.15, 0.2) is 0 Å². The van der Waals surface area contributed by atoms with Crippen LogP contribution in [0.15, 0.2) is 24.3 Å². The van der Waals surface area contributed by atoms with Gasteiger partial charge in [0.05, 0.1) is 11.0 Å². The molecule has 0 aliphatic heterocycles. The molecule has 0 spiro atoms. The molecule has 2 N–H and O–H groups in total. The maximum absolute atomic E-state index is 12.1. The average Bonchev–Trinajstić information content (AvgIpc) is 2.90. The topological polar surface area (TPSA) is 76.0 Å². The first-order valence-corrected chi connectivity index (χ1v) is 8.98. The molecule has 0 bridgehead atoms. The lowest BCUT2D eigenvalue weighted by Crippen LogP contribution is -2.45. The zero-order valence-electron chi connectivity index (χ0n) is 13.6. The lowest BCUT2D eigenvalue weighted by molar-refractivity contribution is -0.130. The minimum Gasteiger partial charge on any atom is -0.318 e. The lowest BCUT2D eigenvalue weighted by Gasteiger charge is -2.13. The predicted octanol–water partition coefficient (Wildman–Crippen LogP) is 1.75. The number of hydrazine groups is 1. The molecule has 0 saturated carbocycles. The summed E-state index contributed by atoms with van der Waals surface area (Å²) in [6, 6.07) is 7.71. The lowest BCUT2D eigenvalue weighted by atomic mass is 10.2. The third kappa shape index (κ3) is 4.25. The molecular formula is C16H22N4O2S. The van der Waals surface area contributed by atoms with Crippen molar-refractivity contribution >= 4 is 34.6 Å². The van der Waals surface area contributed by atoms with Crippen LogP contribution in [0.4, 0.5) is 0 Å². The van der Waals surface area contributed by atoms with Crippen molar-refractivity contribution in [2.45, 2.75) is 26.8 Å². The molecule has 23 heavy (non-hydrogen) atoms. The van der Waals surface area contributed by atoms with Crippen molar-refractivity contribution in [2.75, 3.05) is 12.0 Å². The van der Waals surface area contributed by atoms with Gasteiger partial charge in [0.25, 0.3) is 5.91 Å². The fraction of sp³-hybridized carbons (Fsp3) is 0.438. The SMILES string of the molecule is CCc1nc2ccccc2n1CC(=O)NNC(=O)C(C)CSC. The van der Waals surface area contributed by atoms with Gasteiger partial charge in [0.2, 0.25) is 5.91 Å². The number of thioether (sulfide) groups is 1. The van der Waals surface area contributed by atoms with Crippen molar-refractivity contribution in [3.63, 3.8) is 0 Å². The fourth-order valence-corrected chi connectivity index (χ4v) is 2.99. The first-order valence-electron chi connectivity index (χ1n) is 7.58. The van der Waals surface area contributed by atoms with Crippen molar-refractivity contribution in [1.82, 2.24) is 20.4 Å². The number of nitrogens with zero attached hydrogens (tertiary/aromatic N) is 2. The molecule has 7 heteroatoms. The highest BCUT2D eigenvalue weighted by molar-refractivity contribution is 7.98. The molecule has 0 fully saturated rings. The van der Waals surface area contributed by atoms with E-state index < -0.39 is 0 Å². The summed E-state index contributed by atoms with van der Waals surface area (Å²) >= 11 is 1.60. The van der Waals surface area contributed by atoms with Crippen LogP contribution in [-0.4, -0.2) is 33.4 Å². The number of para-hydroxylation sites is 2. The van der Waals surface area contributed by atoms with Crippen LogP contribution in [0.3, 0.4) is 0 Å². The number of nitrogens with one attached hydrogen (secondary N) is 2. The molecule has 1 aromatic carbocycles. The fourth-order valence-electron chi connectivity index (χ4n) is 2.34. The normalized spacial score (nSPS) is 12.1. The van der Waals surface area contributed by atoms with E-state index >= 15 is 0 Å². The number of aromatic nitrogens is 2. The summed E-state index contributed by atoms with van der Waals surface area (Å²) in [7, 11) is 0. The largest absolute Gasteiger partial charge is 0.318 e. The Balaban J connectivity index is 2.02. The van der Waals surface area contributed by atoms with Gasteiger partial charge in [-0.2, -0.15) is 11.8 Å². The number of carbonyl (C=O) groups excluding carboxylic acids is 2. The number of carbonyl (C=O) groups is 2. The summed E-state index contributed by atoms with van der Waals surface area (Å²) in [5.41, 5.74) is 6.75. The van der Waals surface area contributed by atoms with Gasteiger partial charge in [-0.25, -0.2) is 4.98 Å². The minimum absolute atomic E-state index is 0.126. The van der Waals surface area contributed by atoms with Crippen LogP contribution in [0.2, 0.25) is 0 Å². The van der Waals surface area contributed by atoms with Crippen molar-refractivity contribution in [2.24, 2.45) is 5.92 Å². The Morgan fingerprint density at radius 2 is 2.04 bits per heavy atom. The summed E-state index contributed by atoms with van der Waals surface area (Å²) in [5, 5.41) is 0. The summed E-state index contributed by atoms with van der Waals surface area (Å²) in [6.45, 7) is 3.96. The van der Waals surface area contributed by atoms with E-state index in [2.05, 4.69) is 15.8 Å². The van der Waals surface area contributed by atoms with Crippen molar-refractivity contribution in [3.8, 4) is 0 Å². The van der Waals surface area contributed by atoms with E-state index in [-0.39, 0.29) is 24.3 Å². The third-order valence-corrected chi connectivity index (χ3v) is 4.37. The van der Waals surface area contributed by atoms with Gasteiger partial charge >= 0.3 is 0 Å². The number of benzene rings is 1.